The summed E-state index contributed by atoms with van der Waals surface area (Å²) in [4.78, 5) is 9.78. The molecule has 0 radical (unpaired) electrons. The molecule has 6 heteroatoms. The van der Waals surface area contributed by atoms with Gasteiger partial charge in [0.05, 0.1) is 24.9 Å². The zero-order valence-electron chi connectivity index (χ0n) is 25.6. The Kier molecular flexibility index (Phi) is 9.75. The lowest BCUT2D eigenvalue weighted by atomic mass is 9.77. The Morgan fingerprint density at radius 3 is 2.14 bits per heavy atom. The van der Waals surface area contributed by atoms with Crippen LogP contribution in [0.1, 0.15) is 100 Å². The van der Waals surface area contributed by atoms with Gasteiger partial charge in [-0.2, -0.15) is 0 Å². The minimum atomic E-state index is -0.0930. The molecule has 1 aromatic heterocycles. The molecule has 1 aromatic rings. The summed E-state index contributed by atoms with van der Waals surface area (Å²) in [5.74, 6) is 1.13. The summed E-state index contributed by atoms with van der Waals surface area (Å²) in [5.41, 5.74) is 1.73. The van der Waals surface area contributed by atoms with Crippen molar-refractivity contribution >= 4 is 5.82 Å². The van der Waals surface area contributed by atoms with Crippen molar-refractivity contribution in [3.63, 3.8) is 0 Å². The van der Waals surface area contributed by atoms with E-state index in [1.54, 1.807) is 0 Å². The summed E-state index contributed by atoms with van der Waals surface area (Å²) in [6.45, 7) is 28.3. The van der Waals surface area contributed by atoms with Gasteiger partial charge >= 0.3 is 0 Å². The first-order valence-corrected chi connectivity index (χ1v) is 14.5. The number of ether oxygens (including phenoxy) is 2. The summed E-state index contributed by atoms with van der Waals surface area (Å²) in [6, 6.07) is 5.10. The maximum Gasteiger partial charge on any atom is 0.128 e. The lowest BCUT2D eigenvalue weighted by molar-refractivity contribution is -0.0759. The number of aromatic nitrogens is 1. The van der Waals surface area contributed by atoms with Gasteiger partial charge in [0.1, 0.15) is 5.82 Å². The van der Waals surface area contributed by atoms with Gasteiger partial charge in [0.15, 0.2) is 0 Å². The van der Waals surface area contributed by atoms with Crippen LogP contribution >= 0.6 is 0 Å². The zero-order chi connectivity index (χ0) is 27.5. The van der Waals surface area contributed by atoms with E-state index in [0.29, 0.717) is 25.4 Å². The molecule has 2 aliphatic rings. The zero-order valence-corrected chi connectivity index (χ0v) is 25.6. The Labute approximate surface area is 227 Å². The van der Waals surface area contributed by atoms with Gasteiger partial charge in [-0.05, 0) is 104 Å². The molecule has 2 fully saturated rings. The van der Waals surface area contributed by atoms with Crippen LogP contribution in [0.5, 0.6) is 0 Å². The van der Waals surface area contributed by atoms with Crippen LogP contribution in [0.4, 0.5) is 5.82 Å². The fraction of sp³-hybridized carbons (Fsp3) is 0.839. The normalized spacial score (nSPS) is 22.3. The molecule has 1 aliphatic carbocycles. The molecule has 0 spiro atoms. The molecule has 0 amide bonds. The van der Waals surface area contributed by atoms with Crippen LogP contribution in [0.2, 0.25) is 0 Å². The number of hydrogen-bond donors (Lipinski definition) is 1. The van der Waals surface area contributed by atoms with E-state index in [9.17, 15) is 0 Å². The van der Waals surface area contributed by atoms with Gasteiger partial charge < -0.3 is 19.7 Å². The van der Waals surface area contributed by atoms with Gasteiger partial charge in [0.25, 0.3) is 0 Å². The van der Waals surface area contributed by atoms with Crippen molar-refractivity contribution in [2.24, 2.45) is 0 Å². The third kappa shape index (κ3) is 9.49. The SMILES string of the molecule is CC(C)(CCC(C)(C)c1ccnc(N2CCN(C(C)(C)C)CC2)c1)N[C@H]1C[C@@H](OCCOC(C)(C)C)C1. The molecule has 0 bridgehead atoms. The van der Waals surface area contributed by atoms with Gasteiger partial charge in [0, 0.05) is 49.5 Å². The Morgan fingerprint density at radius 1 is 0.892 bits per heavy atom. The van der Waals surface area contributed by atoms with E-state index in [4.69, 9.17) is 14.5 Å². The summed E-state index contributed by atoms with van der Waals surface area (Å²) >= 11 is 0. The topological polar surface area (TPSA) is 49.9 Å². The van der Waals surface area contributed by atoms with Gasteiger partial charge in [-0.1, -0.05) is 13.8 Å². The lowest BCUT2D eigenvalue weighted by Gasteiger charge is -2.43. The molecule has 1 saturated heterocycles. The van der Waals surface area contributed by atoms with Crippen molar-refractivity contribution < 1.29 is 9.47 Å². The van der Waals surface area contributed by atoms with E-state index in [1.165, 1.54) is 5.56 Å². The van der Waals surface area contributed by atoms with E-state index in [2.05, 4.69) is 96.5 Å². The monoisotopic (exact) mass is 516 g/mol. The van der Waals surface area contributed by atoms with Crippen molar-refractivity contribution in [3.05, 3.63) is 23.9 Å². The molecular formula is C31H56N4O2. The number of hydrogen-bond acceptors (Lipinski definition) is 6. The maximum absolute atomic E-state index is 6.00. The predicted molar refractivity (Wildman–Crippen MR) is 156 cm³/mol. The molecular weight excluding hydrogens is 460 g/mol. The fourth-order valence-electron chi connectivity index (χ4n) is 5.39. The molecule has 1 aliphatic heterocycles. The van der Waals surface area contributed by atoms with Crippen LogP contribution in [0.25, 0.3) is 0 Å². The second-order valence-corrected chi connectivity index (χ2v) is 14.6. The standard InChI is InChI=1S/C31H56N4O2/c1-28(2,3)35-17-15-34(16-18-35)27-21-24(11-14-32-27)30(7,8)12-13-31(9,10)33-25-22-26(23-25)36-19-20-37-29(4,5)6/h11,14,21,25-26,33H,12-13,15-20,22-23H2,1-10H3/t25-,26+. The summed E-state index contributed by atoms with van der Waals surface area (Å²) < 4.78 is 11.8. The molecule has 212 valence electrons. The van der Waals surface area contributed by atoms with Crippen molar-refractivity contribution in [2.75, 3.05) is 44.3 Å². The molecule has 37 heavy (non-hydrogen) atoms. The second kappa shape index (κ2) is 11.9. The highest BCUT2D eigenvalue weighted by Gasteiger charge is 2.35. The number of pyridine rings is 1. The van der Waals surface area contributed by atoms with Gasteiger partial charge in [0.2, 0.25) is 0 Å². The molecule has 0 unspecified atom stereocenters. The van der Waals surface area contributed by atoms with E-state index in [1.807, 2.05) is 6.20 Å². The predicted octanol–water partition coefficient (Wildman–Crippen LogP) is 5.79. The second-order valence-electron chi connectivity index (χ2n) is 14.6. The average Bonchev–Trinajstić information content (AvgIpc) is 2.77. The largest absolute Gasteiger partial charge is 0.376 e. The third-order valence-corrected chi connectivity index (χ3v) is 8.12. The Balaban J connectivity index is 1.44. The van der Waals surface area contributed by atoms with Crippen molar-refractivity contribution in [1.29, 1.82) is 0 Å². The summed E-state index contributed by atoms with van der Waals surface area (Å²) in [6.07, 6.45) is 6.83. The lowest BCUT2D eigenvalue weighted by Crippen LogP contribution is -2.54. The highest BCUT2D eigenvalue weighted by atomic mass is 16.5. The van der Waals surface area contributed by atoms with Crippen LogP contribution in [0.15, 0.2) is 18.3 Å². The van der Waals surface area contributed by atoms with Gasteiger partial charge in [-0.3, -0.25) is 4.90 Å². The van der Waals surface area contributed by atoms with E-state index >= 15 is 0 Å². The van der Waals surface area contributed by atoms with Crippen LogP contribution in [0, 0.1) is 0 Å². The quantitative estimate of drug-likeness (QED) is 0.376. The minimum Gasteiger partial charge on any atom is -0.376 e. The average molecular weight is 517 g/mol. The highest BCUT2D eigenvalue weighted by molar-refractivity contribution is 5.43. The molecule has 6 nitrogen and oxygen atoms in total. The molecule has 1 N–H and O–H groups in total. The number of nitrogens with one attached hydrogen (secondary N) is 1. The maximum atomic E-state index is 6.00. The first-order chi connectivity index (χ1) is 17.0. The third-order valence-electron chi connectivity index (χ3n) is 8.12. The minimum absolute atomic E-state index is 0.0930. The van der Waals surface area contributed by atoms with Gasteiger partial charge in [-0.15, -0.1) is 0 Å². The van der Waals surface area contributed by atoms with Crippen molar-refractivity contribution in [2.45, 2.75) is 129 Å². The molecule has 0 atom stereocenters. The van der Waals surface area contributed by atoms with E-state index < -0.39 is 0 Å². The van der Waals surface area contributed by atoms with Crippen LogP contribution in [-0.4, -0.2) is 78.1 Å². The number of piperazine rings is 1. The molecule has 0 aromatic carbocycles. The Morgan fingerprint density at radius 2 is 1.54 bits per heavy atom. The van der Waals surface area contributed by atoms with Crippen LogP contribution in [-0.2, 0) is 14.9 Å². The van der Waals surface area contributed by atoms with E-state index in [-0.39, 0.29) is 22.1 Å². The van der Waals surface area contributed by atoms with E-state index in [0.717, 1.165) is 57.7 Å². The molecule has 3 rings (SSSR count). The Bertz CT molecular complexity index is 841. The number of rotatable bonds is 11. The number of nitrogens with zero attached hydrogens (tertiary/aromatic N) is 3. The van der Waals surface area contributed by atoms with Crippen molar-refractivity contribution in [1.82, 2.24) is 15.2 Å². The van der Waals surface area contributed by atoms with Crippen molar-refractivity contribution in [3.8, 4) is 0 Å². The first kappa shape index (κ1) is 30.3. The van der Waals surface area contributed by atoms with Crippen LogP contribution < -0.4 is 10.2 Å². The highest BCUT2D eigenvalue weighted by Crippen LogP contribution is 2.34. The smallest absolute Gasteiger partial charge is 0.128 e. The fourth-order valence-corrected chi connectivity index (χ4v) is 5.39. The van der Waals surface area contributed by atoms with Gasteiger partial charge in [-0.25, -0.2) is 4.98 Å². The Hall–Kier alpha value is -1.21. The van der Waals surface area contributed by atoms with Crippen LogP contribution in [0.3, 0.4) is 0 Å². The molecule has 1 saturated carbocycles. The summed E-state index contributed by atoms with van der Waals surface area (Å²) in [7, 11) is 0. The molecule has 2 heterocycles. The first-order valence-electron chi connectivity index (χ1n) is 14.5. The summed E-state index contributed by atoms with van der Waals surface area (Å²) in [5, 5.41) is 3.90. The number of anilines is 1.